The normalized spacial score (nSPS) is 10.9. The number of fused-ring (bicyclic) bond motifs is 1. The Morgan fingerprint density at radius 3 is 2.54 bits per heavy atom. The van der Waals surface area contributed by atoms with Crippen molar-refractivity contribution in [1.82, 2.24) is 4.98 Å². The Labute approximate surface area is 145 Å². The predicted molar refractivity (Wildman–Crippen MR) is 104 cm³/mol. The number of benzene rings is 3. The molecule has 4 aromatic rings. The van der Waals surface area contributed by atoms with Gasteiger partial charge >= 0.3 is 0 Å². The lowest BCUT2D eigenvalue weighted by Gasteiger charge is -2.07. The van der Waals surface area contributed by atoms with Crippen molar-refractivity contribution >= 4 is 32.9 Å². The molecule has 0 fully saturated rings. The zero-order valence-electron chi connectivity index (χ0n) is 13.5. The van der Waals surface area contributed by atoms with E-state index >= 15 is 0 Å². The summed E-state index contributed by atoms with van der Waals surface area (Å²) in [5.41, 5.74) is 4.62. The first-order valence-corrected chi connectivity index (χ1v) is 9.01. The van der Waals surface area contributed by atoms with E-state index in [9.17, 15) is 0 Å². The van der Waals surface area contributed by atoms with Crippen molar-refractivity contribution in [3.05, 3.63) is 77.7 Å². The highest BCUT2D eigenvalue weighted by atomic mass is 32.1. The number of hydrogen-bond donors (Lipinski definition) is 1. The lowest BCUT2D eigenvalue weighted by atomic mass is 10.1. The summed E-state index contributed by atoms with van der Waals surface area (Å²) in [6.07, 6.45) is 1.06. The van der Waals surface area contributed by atoms with Crippen LogP contribution in [0.3, 0.4) is 0 Å². The van der Waals surface area contributed by atoms with Crippen molar-refractivity contribution in [3.63, 3.8) is 0 Å². The molecule has 0 aliphatic heterocycles. The van der Waals surface area contributed by atoms with Gasteiger partial charge in [-0.05, 0) is 23.4 Å². The first kappa shape index (κ1) is 14.9. The van der Waals surface area contributed by atoms with Crippen molar-refractivity contribution in [2.24, 2.45) is 0 Å². The van der Waals surface area contributed by atoms with Gasteiger partial charge in [0.1, 0.15) is 0 Å². The number of anilines is 2. The average Bonchev–Trinajstić information content (AvgIpc) is 3.11. The third kappa shape index (κ3) is 2.91. The molecule has 0 aliphatic carbocycles. The molecule has 2 nitrogen and oxygen atoms in total. The summed E-state index contributed by atoms with van der Waals surface area (Å²) in [6.45, 7) is 2.17. The van der Waals surface area contributed by atoms with Crippen LogP contribution in [0.25, 0.3) is 22.0 Å². The van der Waals surface area contributed by atoms with Gasteiger partial charge in [-0.25, -0.2) is 4.98 Å². The third-order valence-corrected chi connectivity index (χ3v) is 4.95. The lowest BCUT2D eigenvalue weighted by molar-refractivity contribution is 1.14. The van der Waals surface area contributed by atoms with Crippen LogP contribution in [0.2, 0.25) is 0 Å². The molecule has 1 heterocycles. The Bertz CT molecular complexity index is 965. The third-order valence-electron chi connectivity index (χ3n) is 4.19. The highest BCUT2D eigenvalue weighted by Gasteiger charge is 2.06. The number of rotatable bonds is 4. The van der Waals surface area contributed by atoms with Crippen molar-refractivity contribution < 1.29 is 0 Å². The molecular weight excluding hydrogens is 312 g/mol. The van der Waals surface area contributed by atoms with Crippen LogP contribution >= 0.6 is 11.3 Å². The minimum atomic E-state index is 0.918. The number of thiazole rings is 1. The molecule has 1 aromatic heterocycles. The zero-order valence-corrected chi connectivity index (χ0v) is 14.3. The van der Waals surface area contributed by atoms with Crippen molar-refractivity contribution in [1.29, 1.82) is 0 Å². The van der Waals surface area contributed by atoms with Gasteiger partial charge in [0.15, 0.2) is 5.13 Å². The predicted octanol–water partition coefficient (Wildman–Crippen LogP) is 6.27. The molecule has 4 rings (SSSR count). The van der Waals surface area contributed by atoms with E-state index < -0.39 is 0 Å². The van der Waals surface area contributed by atoms with E-state index in [1.54, 1.807) is 11.3 Å². The van der Waals surface area contributed by atoms with E-state index in [1.165, 1.54) is 16.3 Å². The number of aryl methyl sites for hydroxylation is 1. The summed E-state index contributed by atoms with van der Waals surface area (Å²) in [4.78, 5) is 4.75. The van der Waals surface area contributed by atoms with Gasteiger partial charge in [0.2, 0.25) is 0 Å². The second kappa shape index (κ2) is 6.46. The van der Waals surface area contributed by atoms with Gasteiger partial charge in [-0.3, -0.25) is 0 Å². The number of hydrogen-bond acceptors (Lipinski definition) is 3. The Morgan fingerprint density at radius 2 is 1.71 bits per heavy atom. The second-order valence-corrected chi connectivity index (χ2v) is 6.60. The SMILES string of the molecule is CCc1ccc(-c2csc(Nc3cccc4ccccc34)n2)cc1. The van der Waals surface area contributed by atoms with Crippen LogP contribution < -0.4 is 5.32 Å². The molecule has 118 valence electrons. The smallest absolute Gasteiger partial charge is 0.187 e. The van der Waals surface area contributed by atoms with E-state index in [2.05, 4.69) is 84.4 Å². The van der Waals surface area contributed by atoms with Crippen LogP contribution in [-0.4, -0.2) is 4.98 Å². The van der Waals surface area contributed by atoms with Gasteiger partial charge in [-0.2, -0.15) is 0 Å². The summed E-state index contributed by atoms with van der Waals surface area (Å²) < 4.78 is 0. The largest absolute Gasteiger partial charge is 0.331 e. The Hall–Kier alpha value is -2.65. The highest BCUT2D eigenvalue weighted by molar-refractivity contribution is 7.14. The molecule has 24 heavy (non-hydrogen) atoms. The minimum absolute atomic E-state index is 0.918. The van der Waals surface area contributed by atoms with E-state index in [-0.39, 0.29) is 0 Å². The molecule has 0 bridgehead atoms. The molecule has 0 saturated heterocycles. The van der Waals surface area contributed by atoms with Gasteiger partial charge < -0.3 is 5.32 Å². The summed E-state index contributed by atoms with van der Waals surface area (Å²) in [7, 11) is 0. The van der Waals surface area contributed by atoms with E-state index in [0.29, 0.717) is 0 Å². The topological polar surface area (TPSA) is 24.9 Å². The molecule has 0 atom stereocenters. The van der Waals surface area contributed by atoms with Crippen LogP contribution in [0.1, 0.15) is 12.5 Å². The van der Waals surface area contributed by atoms with Crippen molar-refractivity contribution in [2.45, 2.75) is 13.3 Å². The van der Waals surface area contributed by atoms with Gasteiger partial charge in [0.05, 0.1) is 5.69 Å². The maximum atomic E-state index is 4.75. The molecular formula is C21H18N2S. The molecule has 0 unspecified atom stereocenters. The molecule has 0 radical (unpaired) electrons. The monoisotopic (exact) mass is 330 g/mol. The summed E-state index contributed by atoms with van der Waals surface area (Å²) >= 11 is 1.64. The Kier molecular flexibility index (Phi) is 4.01. The van der Waals surface area contributed by atoms with E-state index in [1.807, 2.05) is 0 Å². The Morgan fingerprint density at radius 1 is 0.917 bits per heavy atom. The molecule has 0 amide bonds. The molecule has 3 heteroatoms. The lowest BCUT2D eigenvalue weighted by Crippen LogP contribution is -1.91. The highest BCUT2D eigenvalue weighted by Crippen LogP contribution is 2.30. The van der Waals surface area contributed by atoms with Crippen molar-refractivity contribution in [2.75, 3.05) is 5.32 Å². The number of nitrogens with zero attached hydrogens (tertiary/aromatic N) is 1. The quantitative estimate of drug-likeness (QED) is 0.477. The van der Waals surface area contributed by atoms with Crippen LogP contribution in [-0.2, 0) is 6.42 Å². The van der Waals surface area contributed by atoms with E-state index in [4.69, 9.17) is 4.98 Å². The van der Waals surface area contributed by atoms with Gasteiger partial charge in [-0.1, -0.05) is 67.6 Å². The first-order valence-electron chi connectivity index (χ1n) is 8.13. The summed E-state index contributed by atoms with van der Waals surface area (Å²) in [5, 5.41) is 8.93. The first-order chi connectivity index (χ1) is 11.8. The van der Waals surface area contributed by atoms with Gasteiger partial charge in [0, 0.05) is 22.0 Å². The van der Waals surface area contributed by atoms with Crippen LogP contribution in [0, 0.1) is 0 Å². The maximum Gasteiger partial charge on any atom is 0.187 e. The minimum Gasteiger partial charge on any atom is -0.331 e. The van der Waals surface area contributed by atoms with Crippen LogP contribution in [0.15, 0.2) is 72.1 Å². The zero-order chi connectivity index (χ0) is 16.4. The molecule has 0 spiro atoms. The fraction of sp³-hybridized carbons (Fsp3) is 0.0952. The fourth-order valence-electron chi connectivity index (χ4n) is 2.82. The summed E-state index contributed by atoms with van der Waals surface area (Å²) in [6, 6.07) is 23.3. The van der Waals surface area contributed by atoms with E-state index in [0.717, 1.165) is 28.5 Å². The number of nitrogens with one attached hydrogen (secondary N) is 1. The maximum absolute atomic E-state index is 4.75. The Balaban J connectivity index is 1.62. The van der Waals surface area contributed by atoms with Gasteiger partial charge in [0.25, 0.3) is 0 Å². The second-order valence-electron chi connectivity index (χ2n) is 5.74. The molecule has 1 N–H and O–H groups in total. The van der Waals surface area contributed by atoms with Crippen LogP contribution in [0.5, 0.6) is 0 Å². The summed E-state index contributed by atoms with van der Waals surface area (Å²) in [5.74, 6) is 0. The molecule has 0 saturated carbocycles. The molecule has 0 aliphatic rings. The standard InChI is InChI=1S/C21H18N2S/c1-2-15-10-12-17(13-11-15)20-14-24-21(23-20)22-19-9-5-7-16-6-3-4-8-18(16)19/h3-14H,2H2,1H3,(H,22,23). The van der Waals surface area contributed by atoms with Crippen LogP contribution in [0.4, 0.5) is 10.8 Å². The number of aromatic nitrogens is 1. The average molecular weight is 330 g/mol. The van der Waals surface area contributed by atoms with Gasteiger partial charge in [-0.15, -0.1) is 11.3 Å². The molecule has 3 aromatic carbocycles. The fourth-order valence-corrected chi connectivity index (χ4v) is 3.56. The van der Waals surface area contributed by atoms with Crippen molar-refractivity contribution in [3.8, 4) is 11.3 Å².